The molecule has 1 aliphatic heterocycles. The molecule has 0 radical (unpaired) electrons. The number of nitriles is 1. The summed E-state index contributed by atoms with van der Waals surface area (Å²) in [6, 6.07) is 3.29. The molecule has 0 aromatic carbocycles. The summed E-state index contributed by atoms with van der Waals surface area (Å²) in [5.41, 5.74) is -0.841. The second kappa shape index (κ2) is 5.46. The molecule has 0 bridgehead atoms. The van der Waals surface area contributed by atoms with E-state index in [2.05, 4.69) is 4.98 Å². The summed E-state index contributed by atoms with van der Waals surface area (Å²) in [5.74, 6) is 0.275. The SMILES string of the molecule is CC1(C)CN(c2nccc(C#N)c2[N+](=O)[O-])CC2(CCCC2)O1. The Hall–Kier alpha value is -2.20. The first-order valence-corrected chi connectivity index (χ1v) is 7.84. The van der Waals surface area contributed by atoms with Crippen molar-refractivity contribution in [3.05, 3.63) is 27.9 Å². The summed E-state index contributed by atoms with van der Waals surface area (Å²) >= 11 is 0. The molecule has 2 aliphatic rings. The van der Waals surface area contributed by atoms with Gasteiger partial charge in [-0.1, -0.05) is 12.8 Å². The largest absolute Gasteiger partial charge is 0.365 e. The molecule has 0 amide bonds. The first-order chi connectivity index (χ1) is 10.9. The lowest BCUT2D eigenvalue weighted by Crippen LogP contribution is -2.59. The van der Waals surface area contributed by atoms with Gasteiger partial charge in [0.2, 0.25) is 5.82 Å². The average Bonchev–Trinajstić information content (AvgIpc) is 2.91. The zero-order valence-electron chi connectivity index (χ0n) is 13.4. The minimum atomic E-state index is -0.509. The van der Waals surface area contributed by atoms with Crippen LogP contribution in [0.1, 0.15) is 45.1 Å². The predicted molar refractivity (Wildman–Crippen MR) is 84.2 cm³/mol. The van der Waals surface area contributed by atoms with E-state index in [1.807, 2.05) is 24.8 Å². The summed E-state index contributed by atoms with van der Waals surface area (Å²) in [7, 11) is 0. The Morgan fingerprint density at radius 2 is 2.09 bits per heavy atom. The highest BCUT2D eigenvalue weighted by molar-refractivity contribution is 5.65. The van der Waals surface area contributed by atoms with Crippen molar-refractivity contribution in [3.8, 4) is 6.07 Å². The molecule has 1 saturated heterocycles. The molecule has 2 fully saturated rings. The molecule has 122 valence electrons. The smallest absolute Gasteiger partial charge is 0.329 e. The number of anilines is 1. The van der Waals surface area contributed by atoms with Crippen LogP contribution in [0.2, 0.25) is 0 Å². The van der Waals surface area contributed by atoms with Crippen LogP contribution in [0.25, 0.3) is 0 Å². The lowest BCUT2D eigenvalue weighted by molar-refractivity contribution is -0.384. The minimum Gasteiger partial charge on any atom is -0.365 e. The van der Waals surface area contributed by atoms with Crippen LogP contribution in [0.4, 0.5) is 11.5 Å². The van der Waals surface area contributed by atoms with Crippen molar-refractivity contribution in [2.75, 3.05) is 18.0 Å². The maximum Gasteiger partial charge on any atom is 0.329 e. The second-order valence-corrected chi connectivity index (χ2v) is 7.01. The third-order valence-electron chi connectivity index (χ3n) is 4.57. The molecular weight excluding hydrogens is 296 g/mol. The minimum absolute atomic E-state index is 0.0461. The normalized spacial score (nSPS) is 22.0. The zero-order chi connectivity index (χ0) is 16.7. The molecule has 0 N–H and O–H groups in total. The van der Waals surface area contributed by atoms with E-state index in [1.54, 1.807) is 0 Å². The zero-order valence-corrected chi connectivity index (χ0v) is 13.4. The van der Waals surface area contributed by atoms with Crippen molar-refractivity contribution in [2.45, 2.75) is 50.7 Å². The maximum absolute atomic E-state index is 11.5. The quantitative estimate of drug-likeness (QED) is 0.615. The molecule has 1 aliphatic carbocycles. The number of aromatic nitrogens is 1. The molecule has 2 heterocycles. The number of pyridine rings is 1. The van der Waals surface area contributed by atoms with Gasteiger partial charge in [0.1, 0.15) is 11.6 Å². The van der Waals surface area contributed by atoms with Crippen LogP contribution < -0.4 is 4.90 Å². The molecule has 0 atom stereocenters. The van der Waals surface area contributed by atoms with E-state index in [0.717, 1.165) is 25.7 Å². The predicted octanol–water partition coefficient (Wildman–Crippen LogP) is 2.79. The van der Waals surface area contributed by atoms with E-state index in [1.165, 1.54) is 12.3 Å². The van der Waals surface area contributed by atoms with Gasteiger partial charge in [-0.3, -0.25) is 10.1 Å². The van der Waals surface area contributed by atoms with Gasteiger partial charge in [0, 0.05) is 19.3 Å². The Morgan fingerprint density at radius 1 is 1.39 bits per heavy atom. The molecule has 1 saturated carbocycles. The summed E-state index contributed by atoms with van der Waals surface area (Å²) in [6.07, 6.45) is 5.59. The number of hydrogen-bond donors (Lipinski definition) is 0. The monoisotopic (exact) mass is 316 g/mol. The Kier molecular flexibility index (Phi) is 3.72. The molecule has 1 aromatic rings. The Bertz CT molecular complexity index is 674. The van der Waals surface area contributed by atoms with E-state index < -0.39 is 10.5 Å². The average molecular weight is 316 g/mol. The fraction of sp³-hybridized carbons (Fsp3) is 0.625. The van der Waals surface area contributed by atoms with E-state index in [4.69, 9.17) is 4.74 Å². The Labute approximate surface area is 135 Å². The van der Waals surface area contributed by atoms with E-state index in [9.17, 15) is 15.4 Å². The van der Waals surface area contributed by atoms with E-state index in [-0.39, 0.29) is 22.7 Å². The maximum atomic E-state index is 11.5. The van der Waals surface area contributed by atoms with Crippen LogP contribution in [0.15, 0.2) is 12.3 Å². The van der Waals surface area contributed by atoms with Gasteiger partial charge in [-0.25, -0.2) is 4.98 Å². The fourth-order valence-electron chi connectivity index (χ4n) is 3.89. The van der Waals surface area contributed by atoms with Gasteiger partial charge in [0.05, 0.1) is 16.1 Å². The van der Waals surface area contributed by atoms with Gasteiger partial charge >= 0.3 is 5.69 Å². The van der Waals surface area contributed by atoms with E-state index in [0.29, 0.717) is 13.1 Å². The van der Waals surface area contributed by atoms with Gasteiger partial charge < -0.3 is 9.64 Å². The molecule has 7 heteroatoms. The van der Waals surface area contributed by atoms with Gasteiger partial charge in [0.25, 0.3) is 0 Å². The summed E-state index contributed by atoms with van der Waals surface area (Å²) < 4.78 is 6.33. The number of hydrogen-bond acceptors (Lipinski definition) is 6. The molecule has 3 rings (SSSR count). The third-order valence-corrected chi connectivity index (χ3v) is 4.57. The van der Waals surface area contributed by atoms with Gasteiger partial charge in [-0.15, -0.1) is 0 Å². The van der Waals surface area contributed by atoms with Crippen LogP contribution in [-0.4, -0.2) is 34.2 Å². The highest BCUT2D eigenvalue weighted by Crippen LogP contribution is 2.43. The molecule has 7 nitrogen and oxygen atoms in total. The second-order valence-electron chi connectivity index (χ2n) is 7.01. The van der Waals surface area contributed by atoms with Gasteiger partial charge in [0.15, 0.2) is 0 Å². The number of morpholine rings is 1. The van der Waals surface area contributed by atoms with Crippen molar-refractivity contribution in [1.29, 1.82) is 5.26 Å². The van der Waals surface area contributed by atoms with Crippen molar-refractivity contribution in [1.82, 2.24) is 4.98 Å². The van der Waals surface area contributed by atoms with E-state index >= 15 is 0 Å². The molecule has 1 aromatic heterocycles. The first kappa shape index (κ1) is 15.7. The standard InChI is InChI=1S/C16H20N4O3/c1-15(2)10-19(11-16(23-15)6-3-4-7-16)14-13(20(21)22)12(9-17)5-8-18-14/h5,8H,3-4,6-7,10-11H2,1-2H3. The molecule has 1 spiro atoms. The Morgan fingerprint density at radius 3 is 2.70 bits per heavy atom. The van der Waals surface area contributed by atoms with Crippen LogP contribution >= 0.6 is 0 Å². The van der Waals surface area contributed by atoms with Crippen molar-refractivity contribution in [2.24, 2.45) is 0 Å². The van der Waals surface area contributed by atoms with Crippen molar-refractivity contribution in [3.63, 3.8) is 0 Å². The molecule has 23 heavy (non-hydrogen) atoms. The highest BCUT2D eigenvalue weighted by atomic mass is 16.6. The van der Waals surface area contributed by atoms with Crippen LogP contribution in [0.3, 0.4) is 0 Å². The molecular formula is C16H20N4O3. The lowest BCUT2D eigenvalue weighted by Gasteiger charge is -2.49. The number of ether oxygens (including phenoxy) is 1. The Balaban J connectivity index is 2.04. The van der Waals surface area contributed by atoms with Gasteiger partial charge in [-0.05, 0) is 32.8 Å². The van der Waals surface area contributed by atoms with Crippen LogP contribution in [0.5, 0.6) is 0 Å². The summed E-state index contributed by atoms with van der Waals surface area (Å²) in [4.78, 5) is 17.1. The van der Waals surface area contributed by atoms with Crippen molar-refractivity contribution >= 4 is 11.5 Å². The number of rotatable bonds is 2. The van der Waals surface area contributed by atoms with Gasteiger partial charge in [-0.2, -0.15) is 5.26 Å². The molecule has 0 unspecified atom stereocenters. The van der Waals surface area contributed by atoms with Crippen molar-refractivity contribution < 1.29 is 9.66 Å². The lowest BCUT2D eigenvalue weighted by atomic mass is 9.94. The summed E-state index contributed by atoms with van der Waals surface area (Å²) in [5, 5.41) is 20.6. The highest BCUT2D eigenvalue weighted by Gasteiger charge is 2.47. The fourth-order valence-corrected chi connectivity index (χ4v) is 3.89. The van der Waals surface area contributed by atoms with Crippen LogP contribution in [0, 0.1) is 21.4 Å². The first-order valence-electron chi connectivity index (χ1n) is 7.84. The third kappa shape index (κ3) is 2.86. The van der Waals surface area contributed by atoms with Crippen LogP contribution in [-0.2, 0) is 4.74 Å². The summed E-state index contributed by atoms with van der Waals surface area (Å²) in [6.45, 7) is 5.09. The number of nitrogens with zero attached hydrogens (tertiary/aromatic N) is 4. The number of nitro groups is 1. The topological polar surface area (TPSA) is 92.3 Å².